The third-order valence-electron chi connectivity index (χ3n) is 7.27. The number of piperidine rings is 1. The number of nitrogens with one attached hydrogen (secondary N) is 1. The van der Waals surface area contributed by atoms with Crippen LogP contribution in [0.1, 0.15) is 51.6 Å². The van der Waals surface area contributed by atoms with Gasteiger partial charge < -0.3 is 21.1 Å². The van der Waals surface area contributed by atoms with Gasteiger partial charge in [-0.2, -0.15) is 0 Å². The number of phenols is 1. The molecule has 2 aromatic carbocycles. The highest BCUT2D eigenvalue weighted by Gasteiger charge is 2.50. The molecule has 1 heterocycles. The Hall–Kier alpha value is -2.86. The van der Waals surface area contributed by atoms with Gasteiger partial charge in [-0.15, -0.1) is 0 Å². The van der Waals surface area contributed by atoms with Gasteiger partial charge in [0.15, 0.2) is 0 Å². The molecule has 2 aromatic rings. The molecule has 0 spiro atoms. The van der Waals surface area contributed by atoms with E-state index in [1.54, 1.807) is 30.3 Å². The second-order valence-corrected chi connectivity index (χ2v) is 8.74. The molecular formula is C24H29N3O3. The standard InChI is InChI=1S/C24H29N3O3/c1-15-21-13-18-7-8-19(28)14-20(18)24(15,10-12-27(21)2)9-11-26-23(30)17-5-3-16(4-6-17)22(25)29/h3-8,14-15,21,28H,9-13H2,1-2H3,(H2,25,29)(H,26,30)/t15-,21+,24-/m0/s1. The minimum atomic E-state index is -0.508. The zero-order valence-electron chi connectivity index (χ0n) is 17.5. The third kappa shape index (κ3) is 3.45. The topological polar surface area (TPSA) is 95.7 Å². The van der Waals surface area contributed by atoms with Crippen LogP contribution in [-0.2, 0) is 11.8 Å². The van der Waals surface area contributed by atoms with Crippen LogP contribution in [0.25, 0.3) is 0 Å². The predicted octanol–water partition coefficient (Wildman–Crippen LogP) is 2.45. The highest BCUT2D eigenvalue weighted by atomic mass is 16.3. The Morgan fingerprint density at radius 2 is 1.90 bits per heavy atom. The Kier molecular flexibility index (Phi) is 5.28. The number of carbonyl (C=O) groups is 2. The van der Waals surface area contributed by atoms with Crippen molar-refractivity contribution in [3.05, 3.63) is 64.7 Å². The smallest absolute Gasteiger partial charge is 0.251 e. The molecule has 2 amide bonds. The van der Waals surface area contributed by atoms with Gasteiger partial charge in [-0.3, -0.25) is 9.59 Å². The molecule has 4 rings (SSSR count). The molecule has 6 heteroatoms. The number of carbonyl (C=O) groups excluding carboxylic acids is 2. The van der Waals surface area contributed by atoms with E-state index in [-0.39, 0.29) is 11.3 Å². The first-order chi connectivity index (χ1) is 14.3. The van der Waals surface area contributed by atoms with Crippen LogP contribution in [-0.4, -0.2) is 48.0 Å². The SMILES string of the molecule is C[C@H]1[C@H]2Cc3ccc(O)cc3[C@@]1(CCNC(=O)c1ccc(C(N)=O)cc1)CCN2C. The van der Waals surface area contributed by atoms with Crippen LogP contribution in [0.15, 0.2) is 42.5 Å². The molecule has 0 radical (unpaired) electrons. The Morgan fingerprint density at radius 1 is 1.20 bits per heavy atom. The maximum absolute atomic E-state index is 12.6. The van der Waals surface area contributed by atoms with E-state index in [9.17, 15) is 14.7 Å². The van der Waals surface area contributed by atoms with Gasteiger partial charge in [0.1, 0.15) is 5.75 Å². The quantitative estimate of drug-likeness (QED) is 0.709. The van der Waals surface area contributed by atoms with E-state index in [2.05, 4.69) is 30.3 Å². The average molecular weight is 408 g/mol. The molecular weight excluding hydrogens is 378 g/mol. The van der Waals surface area contributed by atoms with Crippen molar-refractivity contribution in [1.29, 1.82) is 0 Å². The number of fused-ring (bicyclic) bond motifs is 4. The maximum Gasteiger partial charge on any atom is 0.251 e. The largest absolute Gasteiger partial charge is 0.508 e. The Labute approximate surface area is 177 Å². The normalized spacial score (nSPS) is 25.4. The van der Waals surface area contributed by atoms with Gasteiger partial charge >= 0.3 is 0 Å². The first kappa shape index (κ1) is 20.4. The van der Waals surface area contributed by atoms with Crippen molar-refractivity contribution in [2.75, 3.05) is 20.1 Å². The summed E-state index contributed by atoms with van der Waals surface area (Å²) >= 11 is 0. The fourth-order valence-electron chi connectivity index (χ4n) is 5.44. The highest BCUT2D eigenvalue weighted by Crippen LogP contribution is 2.51. The predicted molar refractivity (Wildman–Crippen MR) is 116 cm³/mol. The summed E-state index contributed by atoms with van der Waals surface area (Å²) < 4.78 is 0. The molecule has 6 nitrogen and oxygen atoms in total. The van der Waals surface area contributed by atoms with Crippen molar-refractivity contribution in [1.82, 2.24) is 10.2 Å². The number of hydrogen-bond acceptors (Lipinski definition) is 4. The summed E-state index contributed by atoms with van der Waals surface area (Å²) in [5.74, 6) is 0.0613. The maximum atomic E-state index is 12.6. The van der Waals surface area contributed by atoms with E-state index in [1.165, 1.54) is 11.1 Å². The lowest BCUT2D eigenvalue weighted by molar-refractivity contribution is 0.0358. The summed E-state index contributed by atoms with van der Waals surface area (Å²) in [6.45, 7) is 3.86. The number of primary amides is 1. The van der Waals surface area contributed by atoms with Crippen molar-refractivity contribution >= 4 is 11.8 Å². The number of likely N-dealkylation sites (N-methyl/N-ethyl adjacent to an activating group) is 1. The summed E-state index contributed by atoms with van der Waals surface area (Å²) in [7, 11) is 2.19. The lowest BCUT2D eigenvalue weighted by Crippen LogP contribution is -2.58. The van der Waals surface area contributed by atoms with E-state index in [1.807, 2.05) is 6.07 Å². The number of aromatic hydroxyl groups is 1. The van der Waals surface area contributed by atoms with Gasteiger partial charge in [0.25, 0.3) is 5.91 Å². The summed E-state index contributed by atoms with van der Waals surface area (Å²) in [5.41, 5.74) is 8.63. The zero-order chi connectivity index (χ0) is 21.5. The number of likely N-dealkylation sites (tertiary alicyclic amines) is 1. The molecule has 3 atom stereocenters. The van der Waals surface area contributed by atoms with Gasteiger partial charge in [0.2, 0.25) is 5.91 Å². The van der Waals surface area contributed by atoms with Gasteiger partial charge in [-0.25, -0.2) is 0 Å². The van der Waals surface area contributed by atoms with E-state index < -0.39 is 5.91 Å². The van der Waals surface area contributed by atoms with E-state index in [0.29, 0.717) is 35.4 Å². The number of phenolic OH excluding ortho intramolecular Hbond substituents is 1. The molecule has 2 bridgehead atoms. The lowest BCUT2D eigenvalue weighted by Gasteiger charge is -2.55. The summed E-state index contributed by atoms with van der Waals surface area (Å²) in [5, 5.41) is 13.2. The monoisotopic (exact) mass is 407 g/mol. The van der Waals surface area contributed by atoms with Crippen molar-refractivity contribution in [3.8, 4) is 5.75 Å². The van der Waals surface area contributed by atoms with E-state index in [4.69, 9.17) is 5.73 Å². The van der Waals surface area contributed by atoms with Crippen molar-refractivity contribution in [2.45, 2.75) is 37.6 Å². The third-order valence-corrected chi connectivity index (χ3v) is 7.27. The average Bonchev–Trinajstić information content (AvgIpc) is 2.73. The van der Waals surface area contributed by atoms with Crippen molar-refractivity contribution in [3.63, 3.8) is 0 Å². The van der Waals surface area contributed by atoms with Crippen LogP contribution in [0.3, 0.4) is 0 Å². The molecule has 1 fully saturated rings. The number of hydrogen-bond donors (Lipinski definition) is 3. The fraction of sp³-hybridized carbons (Fsp3) is 0.417. The molecule has 4 N–H and O–H groups in total. The van der Waals surface area contributed by atoms with E-state index in [0.717, 1.165) is 25.8 Å². The lowest BCUT2D eigenvalue weighted by atomic mass is 9.56. The molecule has 1 saturated heterocycles. The van der Waals surface area contributed by atoms with Gasteiger partial charge in [-0.1, -0.05) is 13.0 Å². The first-order valence-corrected chi connectivity index (χ1v) is 10.5. The van der Waals surface area contributed by atoms with Crippen LogP contribution < -0.4 is 11.1 Å². The number of rotatable bonds is 5. The fourth-order valence-corrected chi connectivity index (χ4v) is 5.44. The van der Waals surface area contributed by atoms with Gasteiger partial charge in [0.05, 0.1) is 0 Å². The van der Waals surface area contributed by atoms with Crippen molar-refractivity contribution < 1.29 is 14.7 Å². The molecule has 0 unspecified atom stereocenters. The summed E-state index contributed by atoms with van der Waals surface area (Å²) in [6.07, 6.45) is 2.81. The van der Waals surface area contributed by atoms with Crippen LogP contribution >= 0.6 is 0 Å². The number of amides is 2. The molecule has 158 valence electrons. The second kappa shape index (κ2) is 7.76. The molecule has 1 aliphatic heterocycles. The number of benzene rings is 2. The van der Waals surface area contributed by atoms with Gasteiger partial charge in [-0.05, 0) is 86.3 Å². The molecule has 2 aliphatic rings. The molecule has 1 aliphatic carbocycles. The van der Waals surface area contributed by atoms with Crippen LogP contribution in [0.2, 0.25) is 0 Å². The Morgan fingerprint density at radius 3 is 2.60 bits per heavy atom. The number of nitrogens with two attached hydrogens (primary N) is 1. The minimum Gasteiger partial charge on any atom is -0.508 e. The summed E-state index contributed by atoms with van der Waals surface area (Å²) in [4.78, 5) is 26.2. The minimum absolute atomic E-state index is 0.0629. The van der Waals surface area contributed by atoms with Crippen molar-refractivity contribution in [2.24, 2.45) is 11.7 Å². The molecule has 0 saturated carbocycles. The van der Waals surface area contributed by atoms with Crippen LogP contribution in [0.4, 0.5) is 0 Å². The van der Waals surface area contributed by atoms with Crippen LogP contribution in [0.5, 0.6) is 5.75 Å². The Bertz CT molecular complexity index is 972. The Balaban J connectivity index is 1.52. The van der Waals surface area contributed by atoms with E-state index >= 15 is 0 Å². The zero-order valence-corrected chi connectivity index (χ0v) is 17.5. The molecule has 30 heavy (non-hydrogen) atoms. The van der Waals surface area contributed by atoms with Gasteiger partial charge in [0, 0.05) is 29.1 Å². The second-order valence-electron chi connectivity index (χ2n) is 8.74. The summed E-state index contributed by atoms with van der Waals surface area (Å²) in [6, 6.07) is 12.6. The van der Waals surface area contributed by atoms with Crippen LogP contribution in [0, 0.1) is 5.92 Å². The molecule has 0 aromatic heterocycles. The first-order valence-electron chi connectivity index (χ1n) is 10.5. The highest BCUT2D eigenvalue weighted by molar-refractivity contribution is 5.97. The number of nitrogens with zero attached hydrogens (tertiary/aromatic N) is 1.